The van der Waals surface area contributed by atoms with E-state index in [0.717, 1.165) is 19.5 Å². The van der Waals surface area contributed by atoms with E-state index in [1.165, 1.54) is 17.2 Å². The maximum absolute atomic E-state index is 13.3. The Balaban J connectivity index is 1.63. The monoisotopic (exact) mass is 658 g/mol. The van der Waals surface area contributed by atoms with E-state index < -0.39 is 17.9 Å². The van der Waals surface area contributed by atoms with Gasteiger partial charge in [-0.15, -0.1) is 0 Å². The molecule has 0 saturated carbocycles. The molecule has 0 aliphatic heterocycles. The van der Waals surface area contributed by atoms with Gasteiger partial charge in [0.15, 0.2) is 0 Å². The number of rotatable bonds is 17. The molecule has 14 heteroatoms. The zero-order chi connectivity index (χ0) is 35.2. The van der Waals surface area contributed by atoms with Crippen molar-refractivity contribution >= 4 is 52.5 Å². The van der Waals surface area contributed by atoms with Gasteiger partial charge in [-0.05, 0) is 77.0 Å². The van der Waals surface area contributed by atoms with Gasteiger partial charge in [0.25, 0.3) is 5.91 Å². The number of carbonyl (C=O) groups excluding carboxylic acids is 4. The van der Waals surface area contributed by atoms with E-state index in [0.29, 0.717) is 41.5 Å². The molecule has 1 atom stereocenters. The molecule has 1 aromatic heterocycles. The Hall–Kier alpha value is -5.34. The molecule has 0 saturated heterocycles. The van der Waals surface area contributed by atoms with Gasteiger partial charge in [0.2, 0.25) is 23.7 Å². The van der Waals surface area contributed by atoms with Crippen LogP contribution in [-0.4, -0.2) is 109 Å². The minimum Gasteiger partial charge on any atom is -0.369 e. The molecule has 3 rings (SSSR count). The molecule has 4 amide bonds. The number of hydrogen-bond donors (Lipinski definition) is 5. The molecular weight excluding hydrogens is 612 g/mol. The summed E-state index contributed by atoms with van der Waals surface area (Å²) < 4.78 is 0. The normalized spacial score (nSPS) is 11.8. The van der Waals surface area contributed by atoms with Gasteiger partial charge < -0.3 is 41.7 Å². The number of benzene rings is 2. The van der Waals surface area contributed by atoms with E-state index >= 15 is 0 Å². The minimum absolute atomic E-state index is 0.221. The van der Waals surface area contributed by atoms with Crippen LogP contribution >= 0.6 is 0 Å². The fourth-order valence-electron chi connectivity index (χ4n) is 4.23. The molecule has 0 fully saturated rings. The van der Waals surface area contributed by atoms with Gasteiger partial charge in [-0.2, -0.15) is 4.98 Å². The van der Waals surface area contributed by atoms with Crippen LogP contribution in [0.25, 0.3) is 0 Å². The highest BCUT2D eigenvalue weighted by molar-refractivity contribution is 6.08. The molecule has 0 aliphatic carbocycles. The number of nitrogens with two attached hydrogens (primary N) is 1. The Morgan fingerprint density at radius 1 is 0.938 bits per heavy atom. The van der Waals surface area contributed by atoms with Gasteiger partial charge >= 0.3 is 0 Å². The zero-order valence-corrected chi connectivity index (χ0v) is 28.4. The molecule has 256 valence electrons. The maximum atomic E-state index is 13.3. The highest BCUT2D eigenvalue weighted by Crippen LogP contribution is 2.21. The molecule has 1 heterocycles. The Bertz CT molecular complexity index is 1590. The fourth-order valence-corrected chi connectivity index (χ4v) is 4.23. The lowest BCUT2D eigenvalue weighted by atomic mass is 10.2. The lowest BCUT2D eigenvalue weighted by Crippen LogP contribution is -2.42. The summed E-state index contributed by atoms with van der Waals surface area (Å²) in [5.74, 6) is -1.05. The summed E-state index contributed by atoms with van der Waals surface area (Å²) in [6.07, 6.45) is 5.48. The molecule has 0 aliphatic rings. The number of anilines is 5. The molecule has 2 aromatic carbocycles. The number of hydrogen-bond acceptors (Lipinski definition) is 10. The molecular formula is C34H46N10O4. The van der Waals surface area contributed by atoms with Crippen LogP contribution in [0.1, 0.15) is 41.0 Å². The van der Waals surface area contributed by atoms with Crippen molar-refractivity contribution in [2.45, 2.75) is 26.3 Å². The fraction of sp³-hybridized carbons (Fsp3) is 0.353. The molecule has 14 nitrogen and oxygen atoms in total. The molecule has 0 radical (unpaired) electrons. The van der Waals surface area contributed by atoms with Crippen LogP contribution in [0.3, 0.4) is 0 Å². The standard InChI is InChI=1S/C34H46N10O4/c1-7-17-36-31-28(22-37-34(41-31)40-25-15-13-24(14-16-25)30(35)46)33(48)39-27-11-8-10-26(21-27)38-32(47)23(2)44(6)29(45)12-9-18-43(5)20-19-42(3)4/h8-16,21-23H,7,17-20H2,1-6H3,(H2,35,46)(H,38,47)(H,39,48)(H2,36,37,40,41)/t23-/m0/s1. The average Bonchev–Trinajstić information content (AvgIpc) is 3.06. The van der Waals surface area contributed by atoms with Gasteiger partial charge in [0.05, 0.1) is 0 Å². The van der Waals surface area contributed by atoms with Crippen molar-refractivity contribution in [3.05, 3.63) is 78.0 Å². The van der Waals surface area contributed by atoms with E-state index in [1.54, 1.807) is 68.6 Å². The van der Waals surface area contributed by atoms with Crippen LogP contribution in [0.2, 0.25) is 0 Å². The summed E-state index contributed by atoms with van der Waals surface area (Å²) in [4.78, 5) is 64.7. The van der Waals surface area contributed by atoms with Crippen molar-refractivity contribution in [3.63, 3.8) is 0 Å². The van der Waals surface area contributed by atoms with Crippen LogP contribution in [-0.2, 0) is 9.59 Å². The third-order valence-corrected chi connectivity index (χ3v) is 7.30. The van der Waals surface area contributed by atoms with Gasteiger partial charge in [0.1, 0.15) is 17.4 Å². The Labute approximate surface area is 281 Å². The number of aromatic nitrogens is 2. The highest BCUT2D eigenvalue weighted by Gasteiger charge is 2.22. The lowest BCUT2D eigenvalue weighted by molar-refractivity contribution is -0.132. The smallest absolute Gasteiger partial charge is 0.260 e. The third kappa shape index (κ3) is 11.5. The SMILES string of the molecule is CCCNc1nc(Nc2ccc(C(N)=O)cc2)ncc1C(=O)Nc1cccc(NC(=O)[C@H](C)N(C)C(=O)C=CCN(C)CCN(C)C)c1. The van der Waals surface area contributed by atoms with Crippen molar-refractivity contribution < 1.29 is 19.2 Å². The first-order valence-electron chi connectivity index (χ1n) is 15.6. The van der Waals surface area contributed by atoms with E-state index in [9.17, 15) is 19.2 Å². The quantitative estimate of drug-likeness (QED) is 0.135. The first kappa shape index (κ1) is 37.1. The van der Waals surface area contributed by atoms with Crippen molar-refractivity contribution in [2.24, 2.45) is 5.73 Å². The van der Waals surface area contributed by atoms with Crippen molar-refractivity contribution in [2.75, 3.05) is 75.6 Å². The zero-order valence-electron chi connectivity index (χ0n) is 28.4. The van der Waals surface area contributed by atoms with Crippen LogP contribution in [0.5, 0.6) is 0 Å². The summed E-state index contributed by atoms with van der Waals surface area (Å²) in [7, 11) is 7.58. The third-order valence-electron chi connectivity index (χ3n) is 7.30. The maximum Gasteiger partial charge on any atom is 0.260 e. The van der Waals surface area contributed by atoms with Crippen LogP contribution in [0.15, 0.2) is 66.9 Å². The molecule has 48 heavy (non-hydrogen) atoms. The van der Waals surface area contributed by atoms with Crippen LogP contribution < -0.4 is 27.0 Å². The first-order valence-corrected chi connectivity index (χ1v) is 15.6. The lowest BCUT2D eigenvalue weighted by Gasteiger charge is -2.23. The summed E-state index contributed by atoms with van der Waals surface area (Å²) in [6.45, 7) is 6.61. The summed E-state index contributed by atoms with van der Waals surface area (Å²) in [5.41, 5.74) is 7.43. The predicted octanol–water partition coefficient (Wildman–Crippen LogP) is 3.23. The number of carbonyl (C=O) groups is 4. The minimum atomic E-state index is -0.746. The van der Waals surface area contributed by atoms with Gasteiger partial charge in [-0.1, -0.05) is 19.1 Å². The van der Waals surface area contributed by atoms with E-state index in [2.05, 4.69) is 41.0 Å². The van der Waals surface area contributed by atoms with E-state index in [1.807, 2.05) is 28.1 Å². The Morgan fingerprint density at radius 2 is 1.62 bits per heavy atom. The van der Waals surface area contributed by atoms with Gasteiger partial charge in [-0.25, -0.2) is 4.98 Å². The summed E-state index contributed by atoms with van der Waals surface area (Å²) in [6, 6.07) is 12.5. The highest BCUT2D eigenvalue weighted by atomic mass is 16.2. The summed E-state index contributed by atoms with van der Waals surface area (Å²) in [5, 5.41) is 11.9. The van der Waals surface area contributed by atoms with Crippen LogP contribution in [0.4, 0.5) is 28.8 Å². The summed E-state index contributed by atoms with van der Waals surface area (Å²) >= 11 is 0. The Kier molecular flexibility index (Phi) is 14.0. The number of primary amides is 1. The number of nitrogens with zero attached hydrogens (tertiary/aromatic N) is 5. The second-order valence-electron chi connectivity index (χ2n) is 11.6. The largest absolute Gasteiger partial charge is 0.369 e. The molecule has 6 N–H and O–H groups in total. The number of nitrogens with one attached hydrogen (secondary N) is 4. The van der Waals surface area contributed by atoms with E-state index in [4.69, 9.17) is 5.73 Å². The van der Waals surface area contributed by atoms with Gasteiger partial charge in [0, 0.05) is 68.1 Å². The van der Waals surface area contributed by atoms with Crippen molar-refractivity contribution in [3.8, 4) is 0 Å². The second-order valence-corrected chi connectivity index (χ2v) is 11.6. The molecule has 3 aromatic rings. The molecule has 0 bridgehead atoms. The topological polar surface area (TPSA) is 178 Å². The van der Waals surface area contributed by atoms with Crippen LogP contribution in [0, 0.1) is 0 Å². The average molecular weight is 659 g/mol. The first-order chi connectivity index (χ1) is 22.9. The molecule has 0 spiro atoms. The second kappa shape index (κ2) is 18.1. The van der Waals surface area contributed by atoms with Gasteiger partial charge in [-0.3, -0.25) is 19.2 Å². The van der Waals surface area contributed by atoms with E-state index in [-0.39, 0.29) is 23.3 Å². The van der Waals surface area contributed by atoms with Crippen molar-refractivity contribution in [1.82, 2.24) is 24.7 Å². The number of likely N-dealkylation sites (N-methyl/N-ethyl adjacent to an activating group) is 3. The molecule has 0 unspecified atom stereocenters. The predicted molar refractivity (Wildman–Crippen MR) is 190 cm³/mol. The van der Waals surface area contributed by atoms with Crippen molar-refractivity contribution in [1.29, 1.82) is 0 Å². The Morgan fingerprint density at radius 3 is 2.27 bits per heavy atom. The number of amides is 4.